The predicted octanol–water partition coefficient (Wildman–Crippen LogP) is 2.66. The van der Waals surface area contributed by atoms with Gasteiger partial charge in [0.15, 0.2) is 11.5 Å². The molecule has 30 heavy (non-hydrogen) atoms. The Hall–Kier alpha value is -3.62. The number of aryl methyl sites for hydroxylation is 1. The van der Waals surface area contributed by atoms with Crippen LogP contribution in [0.3, 0.4) is 0 Å². The molecule has 0 unspecified atom stereocenters. The fourth-order valence-corrected chi connectivity index (χ4v) is 3.62. The van der Waals surface area contributed by atoms with E-state index in [4.69, 9.17) is 14.2 Å². The number of methoxy groups -OCH3 is 3. The number of ether oxygens (including phenoxy) is 3. The molecule has 0 fully saturated rings. The Morgan fingerprint density at radius 1 is 1.07 bits per heavy atom. The zero-order valence-electron chi connectivity index (χ0n) is 17.1. The Kier molecular flexibility index (Phi) is 5.91. The average molecular weight is 414 g/mol. The molecule has 0 aliphatic carbocycles. The SMILES string of the molecule is COC(=O)[C@@H]1Cc2ccc(C)cc2CN1C(=O)c1cc(OC)c(OC)cc1[N+](=O)[O-]. The van der Waals surface area contributed by atoms with Gasteiger partial charge in [-0.1, -0.05) is 23.8 Å². The van der Waals surface area contributed by atoms with Crippen LogP contribution in [0.2, 0.25) is 0 Å². The lowest BCUT2D eigenvalue weighted by molar-refractivity contribution is -0.385. The minimum Gasteiger partial charge on any atom is -0.493 e. The smallest absolute Gasteiger partial charge is 0.328 e. The van der Waals surface area contributed by atoms with Crippen molar-refractivity contribution in [2.24, 2.45) is 0 Å². The highest BCUT2D eigenvalue weighted by atomic mass is 16.6. The summed E-state index contributed by atoms with van der Waals surface area (Å²) < 4.78 is 15.2. The molecular weight excluding hydrogens is 392 g/mol. The topological polar surface area (TPSA) is 108 Å². The van der Waals surface area contributed by atoms with Crippen molar-refractivity contribution >= 4 is 17.6 Å². The molecule has 0 saturated carbocycles. The lowest BCUT2D eigenvalue weighted by Crippen LogP contribution is -2.49. The van der Waals surface area contributed by atoms with Gasteiger partial charge in [-0.2, -0.15) is 0 Å². The van der Waals surface area contributed by atoms with Crippen molar-refractivity contribution in [2.45, 2.75) is 25.9 Å². The number of carbonyl (C=O) groups excluding carboxylic acids is 2. The van der Waals surface area contributed by atoms with Gasteiger partial charge in [-0.3, -0.25) is 14.9 Å². The highest BCUT2D eigenvalue weighted by Crippen LogP contribution is 2.36. The highest BCUT2D eigenvalue weighted by Gasteiger charge is 2.38. The summed E-state index contributed by atoms with van der Waals surface area (Å²) in [5.74, 6) is -0.942. The fourth-order valence-electron chi connectivity index (χ4n) is 3.62. The number of carbonyl (C=O) groups is 2. The Morgan fingerprint density at radius 2 is 1.73 bits per heavy atom. The second-order valence-electron chi connectivity index (χ2n) is 6.93. The quantitative estimate of drug-likeness (QED) is 0.420. The summed E-state index contributed by atoms with van der Waals surface area (Å²) in [6, 6.07) is 7.29. The van der Waals surface area contributed by atoms with Crippen LogP contribution in [0.15, 0.2) is 30.3 Å². The monoisotopic (exact) mass is 414 g/mol. The number of hydrogen-bond donors (Lipinski definition) is 0. The summed E-state index contributed by atoms with van der Waals surface area (Å²) in [6.45, 7) is 2.05. The van der Waals surface area contributed by atoms with Crippen molar-refractivity contribution in [3.63, 3.8) is 0 Å². The van der Waals surface area contributed by atoms with Gasteiger partial charge in [-0.05, 0) is 18.1 Å². The normalized spacial score (nSPS) is 15.2. The van der Waals surface area contributed by atoms with Crippen LogP contribution in [0.5, 0.6) is 11.5 Å². The number of fused-ring (bicyclic) bond motifs is 1. The molecule has 3 rings (SSSR count). The second kappa shape index (κ2) is 8.40. The third-order valence-corrected chi connectivity index (χ3v) is 5.16. The highest BCUT2D eigenvalue weighted by molar-refractivity contribution is 6.01. The number of rotatable bonds is 5. The molecular formula is C21H22N2O7. The van der Waals surface area contributed by atoms with Gasteiger partial charge >= 0.3 is 5.97 Å². The third-order valence-electron chi connectivity index (χ3n) is 5.16. The first-order chi connectivity index (χ1) is 14.3. The first-order valence-corrected chi connectivity index (χ1v) is 9.18. The van der Waals surface area contributed by atoms with E-state index in [1.807, 2.05) is 25.1 Å². The Morgan fingerprint density at radius 3 is 2.33 bits per heavy atom. The average Bonchev–Trinajstić information content (AvgIpc) is 2.75. The maximum Gasteiger partial charge on any atom is 0.328 e. The molecule has 0 spiro atoms. The molecule has 2 aromatic rings. The molecule has 1 amide bonds. The van der Waals surface area contributed by atoms with Gasteiger partial charge in [0.2, 0.25) is 0 Å². The maximum absolute atomic E-state index is 13.4. The van der Waals surface area contributed by atoms with Crippen molar-refractivity contribution < 1.29 is 28.7 Å². The predicted molar refractivity (Wildman–Crippen MR) is 107 cm³/mol. The molecule has 0 N–H and O–H groups in total. The number of benzene rings is 2. The van der Waals surface area contributed by atoms with Crippen LogP contribution in [0, 0.1) is 17.0 Å². The van der Waals surface area contributed by atoms with Crippen LogP contribution >= 0.6 is 0 Å². The van der Waals surface area contributed by atoms with Gasteiger partial charge in [0, 0.05) is 19.0 Å². The number of esters is 1. The molecule has 2 aromatic carbocycles. The number of nitrogens with zero attached hydrogens (tertiary/aromatic N) is 2. The molecule has 1 aliphatic heterocycles. The molecule has 1 atom stereocenters. The van der Waals surface area contributed by atoms with E-state index in [-0.39, 0.29) is 30.0 Å². The summed E-state index contributed by atoms with van der Waals surface area (Å²) in [7, 11) is 3.96. The molecule has 0 radical (unpaired) electrons. The van der Waals surface area contributed by atoms with E-state index in [0.29, 0.717) is 0 Å². The van der Waals surface area contributed by atoms with Gasteiger partial charge in [0.1, 0.15) is 11.6 Å². The molecule has 1 heterocycles. The Bertz CT molecular complexity index is 1020. The fraction of sp³-hybridized carbons (Fsp3) is 0.333. The number of nitro groups is 1. The van der Waals surface area contributed by atoms with Gasteiger partial charge in [0.25, 0.3) is 11.6 Å². The number of hydrogen-bond acceptors (Lipinski definition) is 7. The molecule has 9 heteroatoms. The van der Waals surface area contributed by atoms with Crippen LogP contribution in [0.1, 0.15) is 27.0 Å². The standard InChI is InChI=1S/C21H22N2O7/c1-12-5-6-13-8-17(21(25)30-4)22(11-14(13)7-12)20(24)15-9-18(28-2)19(29-3)10-16(15)23(26)27/h5-7,9-10,17H,8,11H2,1-4H3/t17-/m0/s1. The van der Waals surface area contributed by atoms with Crippen LogP contribution < -0.4 is 9.47 Å². The molecule has 1 aliphatic rings. The van der Waals surface area contributed by atoms with E-state index in [1.165, 1.54) is 32.3 Å². The van der Waals surface area contributed by atoms with E-state index in [2.05, 4.69) is 0 Å². The van der Waals surface area contributed by atoms with Crippen molar-refractivity contribution in [3.05, 3.63) is 62.7 Å². The van der Waals surface area contributed by atoms with E-state index in [1.54, 1.807) is 0 Å². The lowest BCUT2D eigenvalue weighted by Gasteiger charge is -2.35. The summed E-state index contributed by atoms with van der Waals surface area (Å²) >= 11 is 0. The van der Waals surface area contributed by atoms with E-state index >= 15 is 0 Å². The van der Waals surface area contributed by atoms with E-state index in [0.717, 1.165) is 22.8 Å². The van der Waals surface area contributed by atoms with Crippen molar-refractivity contribution in [2.75, 3.05) is 21.3 Å². The maximum atomic E-state index is 13.4. The number of nitro benzene ring substituents is 1. The minimum atomic E-state index is -0.898. The van der Waals surface area contributed by atoms with Gasteiger partial charge in [-0.15, -0.1) is 0 Å². The van der Waals surface area contributed by atoms with Crippen molar-refractivity contribution in [1.29, 1.82) is 0 Å². The first-order valence-electron chi connectivity index (χ1n) is 9.18. The van der Waals surface area contributed by atoms with Crippen molar-refractivity contribution in [3.8, 4) is 11.5 Å². The van der Waals surface area contributed by atoms with Gasteiger partial charge in [0.05, 0.1) is 32.3 Å². The lowest BCUT2D eigenvalue weighted by atomic mass is 9.92. The largest absolute Gasteiger partial charge is 0.493 e. The minimum absolute atomic E-state index is 0.126. The van der Waals surface area contributed by atoms with Gasteiger partial charge in [-0.25, -0.2) is 4.79 Å². The first kappa shape index (κ1) is 21.1. The summed E-state index contributed by atoms with van der Waals surface area (Å²) in [5.41, 5.74) is 2.20. The summed E-state index contributed by atoms with van der Waals surface area (Å²) in [5, 5.41) is 11.6. The second-order valence-corrected chi connectivity index (χ2v) is 6.93. The van der Waals surface area contributed by atoms with E-state index < -0.39 is 28.5 Å². The molecule has 0 saturated heterocycles. The van der Waals surface area contributed by atoms with Crippen LogP contribution in [-0.2, 0) is 22.5 Å². The molecule has 0 aromatic heterocycles. The Balaban J connectivity index is 2.11. The third kappa shape index (κ3) is 3.78. The molecule has 9 nitrogen and oxygen atoms in total. The number of amides is 1. The van der Waals surface area contributed by atoms with Gasteiger partial charge < -0.3 is 19.1 Å². The van der Waals surface area contributed by atoms with Crippen molar-refractivity contribution in [1.82, 2.24) is 4.90 Å². The van der Waals surface area contributed by atoms with Crippen LogP contribution in [0.25, 0.3) is 0 Å². The van der Waals surface area contributed by atoms with Crippen LogP contribution in [-0.4, -0.2) is 49.1 Å². The molecule has 0 bridgehead atoms. The molecule has 158 valence electrons. The van der Waals surface area contributed by atoms with Crippen LogP contribution in [0.4, 0.5) is 5.69 Å². The van der Waals surface area contributed by atoms with E-state index in [9.17, 15) is 19.7 Å². The summed E-state index contributed by atoms with van der Waals surface area (Å²) in [6.07, 6.45) is 0.259. The Labute approximate surface area is 173 Å². The zero-order chi connectivity index (χ0) is 22.0. The summed E-state index contributed by atoms with van der Waals surface area (Å²) in [4.78, 5) is 38.2. The zero-order valence-corrected chi connectivity index (χ0v) is 17.1.